The molecular weight excluding hydrogens is 416 g/mol. The van der Waals surface area contributed by atoms with Gasteiger partial charge in [-0.3, -0.25) is 0 Å². The Bertz CT molecular complexity index is 994. The van der Waals surface area contributed by atoms with E-state index in [1.807, 2.05) is 0 Å². The van der Waals surface area contributed by atoms with Crippen LogP contribution in [0.4, 0.5) is 0 Å². The second-order valence-corrected chi connectivity index (χ2v) is 17.0. The molecule has 0 radical (unpaired) electrons. The van der Waals surface area contributed by atoms with Crippen molar-refractivity contribution < 1.29 is 23.0 Å². The first-order valence-electron chi connectivity index (χ1n) is 10.2. The van der Waals surface area contributed by atoms with E-state index < -0.39 is 47.9 Å². The number of aliphatic hydroxyl groups is 1. The van der Waals surface area contributed by atoms with E-state index in [2.05, 4.69) is 45.3 Å². The standard InChI is InChI=1S/C23H32O5SSi/c1-22(2,3)30(6,7)14-13-17-19(29(25,26)16-11-9-8-10-12-16)15-18-21(20(17)24)28-23(4,5)27-18/h8-12,15,17-18,20-21,24H,1-7H3/t17-,18+,20-,21+/m0/s1. The average Bonchev–Trinajstić information content (AvgIpc) is 2.95. The molecule has 0 bridgehead atoms. The zero-order chi connectivity index (χ0) is 22.5. The lowest BCUT2D eigenvalue weighted by Gasteiger charge is -2.34. The van der Waals surface area contributed by atoms with Crippen LogP contribution in [0, 0.1) is 17.4 Å². The molecule has 3 rings (SSSR count). The summed E-state index contributed by atoms with van der Waals surface area (Å²) in [4.78, 5) is 0.272. The molecule has 0 amide bonds. The lowest BCUT2D eigenvalue weighted by atomic mass is 9.89. The largest absolute Gasteiger partial charge is 0.389 e. The van der Waals surface area contributed by atoms with E-state index >= 15 is 0 Å². The van der Waals surface area contributed by atoms with Gasteiger partial charge in [0.05, 0.1) is 15.7 Å². The van der Waals surface area contributed by atoms with Gasteiger partial charge in [-0.25, -0.2) is 8.42 Å². The highest BCUT2D eigenvalue weighted by atomic mass is 32.2. The zero-order valence-corrected chi connectivity index (χ0v) is 20.6. The van der Waals surface area contributed by atoms with E-state index in [0.29, 0.717) is 0 Å². The second-order valence-electron chi connectivity index (χ2n) is 10.1. The van der Waals surface area contributed by atoms with E-state index in [1.165, 1.54) is 0 Å². The first-order valence-corrected chi connectivity index (χ1v) is 14.7. The summed E-state index contributed by atoms with van der Waals surface area (Å²) in [5, 5.41) is 11.2. The third-order valence-corrected chi connectivity index (χ3v) is 12.7. The summed E-state index contributed by atoms with van der Waals surface area (Å²) in [6.07, 6.45) is -0.824. The number of sulfone groups is 1. The molecule has 1 fully saturated rings. The molecule has 5 nitrogen and oxygen atoms in total. The predicted molar refractivity (Wildman–Crippen MR) is 120 cm³/mol. The van der Waals surface area contributed by atoms with Crippen LogP contribution in [0.3, 0.4) is 0 Å². The van der Waals surface area contributed by atoms with Crippen LogP contribution in [0.25, 0.3) is 0 Å². The van der Waals surface area contributed by atoms with Gasteiger partial charge in [0.1, 0.15) is 26.4 Å². The van der Waals surface area contributed by atoms with E-state index in [1.54, 1.807) is 50.3 Å². The fraction of sp³-hybridized carbons (Fsp3) is 0.565. The quantitative estimate of drug-likeness (QED) is 0.549. The molecule has 30 heavy (non-hydrogen) atoms. The molecule has 164 valence electrons. The molecule has 1 N–H and O–H groups in total. The number of aliphatic hydroxyl groups excluding tert-OH is 1. The molecule has 0 spiro atoms. The SMILES string of the molecule is CC1(C)O[C@H]2[C@@H](O)[C@@H](C#C[Si](C)(C)C(C)(C)C)C(S(=O)(=O)c3ccccc3)=C[C@H]2O1. The van der Waals surface area contributed by atoms with E-state index in [9.17, 15) is 13.5 Å². The molecular formula is C23H32O5SSi. The highest BCUT2D eigenvalue weighted by molar-refractivity contribution is 7.95. The highest BCUT2D eigenvalue weighted by Crippen LogP contribution is 2.42. The first-order chi connectivity index (χ1) is 13.7. The Balaban J connectivity index is 2.13. The summed E-state index contributed by atoms with van der Waals surface area (Å²) in [6.45, 7) is 14.3. The summed E-state index contributed by atoms with van der Waals surface area (Å²) in [7, 11) is -5.86. The van der Waals surface area contributed by atoms with Gasteiger partial charge in [-0.2, -0.15) is 0 Å². The lowest BCUT2D eigenvalue weighted by molar-refractivity contribution is -0.153. The summed E-state index contributed by atoms with van der Waals surface area (Å²) in [5.74, 6) is 1.38. The van der Waals surface area contributed by atoms with Crippen LogP contribution < -0.4 is 0 Å². The summed E-state index contributed by atoms with van der Waals surface area (Å²) in [6, 6.07) is 8.25. The van der Waals surface area contributed by atoms with Gasteiger partial charge >= 0.3 is 0 Å². The maximum atomic E-state index is 13.5. The number of hydrogen-bond donors (Lipinski definition) is 1. The van der Waals surface area contributed by atoms with Gasteiger partial charge < -0.3 is 14.6 Å². The minimum atomic E-state index is -3.84. The Morgan fingerprint density at radius 1 is 1.10 bits per heavy atom. The van der Waals surface area contributed by atoms with Crippen LogP contribution in [0.5, 0.6) is 0 Å². The van der Waals surface area contributed by atoms with Crippen LogP contribution >= 0.6 is 0 Å². The van der Waals surface area contributed by atoms with Crippen LogP contribution in [0.2, 0.25) is 18.1 Å². The van der Waals surface area contributed by atoms with Crippen LogP contribution in [-0.2, 0) is 19.3 Å². The van der Waals surface area contributed by atoms with Gasteiger partial charge in [-0.05, 0) is 37.1 Å². The van der Waals surface area contributed by atoms with E-state index in [4.69, 9.17) is 9.47 Å². The summed E-state index contributed by atoms with van der Waals surface area (Å²) < 4.78 is 38.7. The molecule has 7 heteroatoms. The van der Waals surface area contributed by atoms with Crippen molar-refractivity contribution in [2.75, 3.05) is 0 Å². The third kappa shape index (κ3) is 4.30. The topological polar surface area (TPSA) is 72.8 Å². The number of benzene rings is 1. The van der Waals surface area contributed by atoms with Crippen molar-refractivity contribution in [2.45, 2.75) is 81.7 Å². The Kier molecular flexibility index (Phi) is 5.89. The maximum absolute atomic E-state index is 13.5. The molecule has 1 heterocycles. The van der Waals surface area contributed by atoms with Gasteiger partial charge in [0.15, 0.2) is 5.79 Å². The second kappa shape index (κ2) is 7.61. The summed E-state index contributed by atoms with van der Waals surface area (Å²) in [5.41, 5.74) is 3.38. The molecule has 1 aromatic carbocycles. The Morgan fingerprint density at radius 2 is 1.70 bits per heavy atom. The lowest BCUT2D eigenvalue weighted by Crippen LogP contribution is -2.45. The minimum absolute atomic E-state index is 0.0132. The van der Waals surface area contributed by atoms with Crippen molar-refractivity contribution in [3.05, 3.63) is 41.3 Å². The Morgan fingerprint density at radius 3 is 2.27 bits per heavy atom. The number of ether oxygens (including phenoxy) is 2. The van der Waals surface area contributed by atoms with Crippen molar-refractivity contribution in [1.82, 2.24) is 0 Å². The zero-order valence-electron chi connectivity index (χ0n) is 18.8. The van der Waals surface area contributed by atoms with Gasteiger partial charge in [0.2, 0.25) is 9.84 Å². The van der Waals surface area contributed by atoms with E-state index in [-0.39, 0.29) is 14.8 Å². The number of rotatable bonds is 2. The van der Waals surface area contributed by atoms with Crippen molar-refractivity contribution in [1.29, 1.82) is 0 Å². The minimum Gasteiger partial charge on any atom is -0.389 e. The van der Waals surface area contributed by atoms with E-state index in [0.717, 1.165) is 0 Å². The monoisotopic (exact) mass is 448 g/mol. The molecule has 4 atom stereocenters. The third-order valence-electron chi connectivity index (χ3n) is 6.26. The average molecular weight is 449 g/mol. The van der Waals surface area contributed by atoms with Crippen molar-refractivity contribution in [2.24, 2.45) is 5.92 Å². The molecule has 1 saturated heterocycles. The fourth-order valence-electron chi connectivity index (χ4n) is 3.43. The fourth-order valence-corrected chi connectivity index (χ4v) is 5.95. The smallest absolute Gasteiger partial charge is 0.203 e. The summed E-state index contributed by atoms with van der Waals surface area (Å²) >= 11 is 0. The number of fused-ring (bicyclic) bond motifs is 1. The Hall–Kier alpha value is -1.43. The molecule has 1 aliphatic carbocycles. The highest BCUT2D eigenvalue weighted by Gasteiger charge is 2.51. The molecule has 1 aliphatic heterocycles. The predicted octanol–water partition coefficient (Wildman–Crippen LogP) is 3.91. The normalized spacial score (nSPS) is 28.9. The molecule has 0 unspecified atom stereocenters. The van der Waals surface area contributed by atoms with Crippen molar-refractivity contribution in [3.8, 4) is 11.5 Å². The van der Waals surface area contributed by atoms with Gasteiger partial charge in [-0.15, -0.1) is 5.54 Å². The van der Waals surface area contributed by atoms with Gasteiger partial charge in [-0.1, -0.05) is 58.0 Å². The van der Waals surface area contributed by atoms with Crippen LogP contribution in [0.1, 0.15) is 34.6 Å². The molecule has 0 saturated carbocycles. The van der Waals surface area contributed by atoms with Crippen molar-refractivity contribution >= 4 is 17.9 Å². The first kappa shape index (κ1) is 23.2. The van der Waals surface area contributed by atoms with Gasteiger partial charge in [0.25, 0.3) is 0 Å². The molecule has 0 aromatic heterocycles. The van der Waals surface area contributed by atoms with Crippen molar-refractivity contribution in [3.63, 3.8) is 0 Å². The Labute approximate surface area is 181 Å². The molecule has 1 aromatic rings. The number of hydrogen-bond acceptors (Lipinski definition) is 5. The van der Waals surface area contributed by atoms with Crippen LogP contribution in [0.15, 0.2) is 46.2 Å². The van der Waals surface area contributed by atoms with Gasteiger partial charge in [0, 0.05) is 0 Å². The molecule has 2 aliphatic rings. The van der Waals surface area contributed by atoms with Crippen LogP contribution in [-0.4, -0.2) is 45.7 Å². The maximum Gasteiger partial charge on any atom is 0.203 e.